The number of piperidine rings is 1. The molecular formula is C18H37N5O. The first kappa shape index (κ1) is 19.5. The van der Waals surface area contributed by atoms with Crippen LogP contribution in [-0.4, -0.2) is 87.9 Å². The molecule has 2 rings (SSSR count). The zero-order valence-corrected chi connectivity index (χ0v) is 15.7. The Morgan fingerprint density at radius 1 is 1.04 bits per heavy atom. The van der Waals surface area contributed by atoms with E-state index in [1.807, 2.05) is 0 Å². The van der Waals surface area contributed by atoms with Crippen LogP contribution in [-0.2, 0) is 4.74 Å². The summed E-state index contributed by atoms with van der Waals surface area (Å²) in [6.07, 6.45) is 4.13. The van der Waals surface area contributed by atoms with Crippen LogP contribution in [0, 0.1) is 5.92 Å². The molecule has 2 saturated heterocycles. The third-order valence-electron chi connectivity index (χ3n) is 4.75. The number of rotatable bonds is 8. The van der Waals surface area contributed by atoms with Crippen LogP contribution in [0.1, 0.15) is 33.1 Å². The first-order valence-electron chi connectivity index (χ1n) is 9.82. The Balaban J connectivity index is 1.66. The summed E-state index contributed by atoms with van der Waals surface area (Å²) in [6, 6.07) is 0. The number of nitrogens with one attached hydrogen (secondary N) is 2. The average Bonchev–Trinajstić information content (AvgIpc) is 2.61. The lowest BCUT2D eigenvalue weighted by molar-refractivity contribution is 0.0389. The Labute approximate surface area is 148 Å². The zero-order valence-electron chi connectivity index (χ0n) is 15.7. The predicted molar refractivity (Wildman–Crippen MR) is 101 cm³/mol. The number of hydrogen-bond donors (Lipinski definition) is 2. The van der Waals surface area contributed by atoms with Crippen LogP contribution >= 0.6 is 0 Å². The predicted octanol–water partition coefficient (Wildman–Crippen LogP) is 0.996. The Morgan fingerprint density at radius 2 is 1.79 bits per heavy atom. The maximum atomic E-state index is 5.39. The van der Waals surface area contributed by atoms with E-state index in [4.69, 9.17) is 9.73 Å². The van der Waals surface area contributed by atoms with Crippen molar-refractivity contribution in [3.05, 3.63) is 0 Å². The quantitative estimate of drug-likeness (QED) is 0.510. The van der Waals surface area contributed by atoms with Crippen LogP contribution < -0.4 is 10.6 Å². The highest BCUT2D eigenvalue weighted by Crippen LogP contribution is 2.11. The summed E-state index contributed by atoms with van der Waals surface area (Å²) < 4.78 is 5.39. The number of likely N-dealkylation sites (tertiary alicyclic amines) is 1. The normalized spacial score (nSPS) is 22.3. The minimum Gasteiger partial charge on any atom is -0.379 e. The van der Waals surface area contributed by atoms with E-state index < -0.39 is 0 Å². The highest BCUT2D eigenvalue weighted by atomic mass is 16.5. The van der Waals surface area contributed by atoms with Crippen molar-refractivity contribution in [1.82, 2.24) is 20.4 Å². The fraction of sp³-hybridized carbons (Fsp3) is 0.944. The van der Waals surface area contributed by atoms with E-state index in [0.29, 0.717) is 5.92 Å². The minimum absolute atomic E-state index is 0.609. The molecule has 0 bridgehead atoms. The highest BCUT2D eigenvalue weighted by molar-refractivity contribution is 5.79. The van der Waals surface area contributed by atoms with Crippen molar-refractivity contribution < 1.29 is 4.74 Å². The van der Waals surface area contributed by atoms with Crippen LogP contribution in [0.3, 0.4) is 0 Å². The summed E-state index contributed by atoms with van der Waals surface area (Å²) in [5, 5.41) is 6.83. The van der Waals surface area contributed by atoms with Crippen LogP contribution in [0.5, 0.6) is 0 Å². The van der Waals surface area contributed by atoms with Crippen molar-refractivity contribution in [3.63, 3.8) is 0 Å². The number of morpholine rings is 1. The van der Waals surface area contributed by atoms with Crippen molar-refractivity contribution in [2.45, 2.75) is 33.1 Å². The van der Waals surface area contributed by atoms with E-state index in [-0.39, 0.29) is 0 Å². The van der Waals surface area contributed by atoms with Gasteiger partial charge in [0.05, 0.1) is 13.2 Å². The lowest BCUT2D eigenvalue weighted by Crippen LogP contribution is -2.44. The fourth-order valence-electron chi connectivity index (χ4n) is 3.39. The molecule has 1 atom stereocenters. The van der Waals surface area contributed by atoms with Gasteiger partial charge >= 0.3 is 0 Å². The van der Waals surface area contributed by atoms with Crippen molar-refractivity contribution in [2.75, 3.05) is 72.1 Å². The molecule has 0 aromatic rings. The molecular weight excluding hydrogens is 302 g/mol. The van der Waals surface area contributed by atoms with Gasteiger partial charge in [-0.3, -0.25) is 9.89 Å². The molecule has 0 saturated carbocycles. The molecule has 6 heteroatoms. The maximum Gasteiger partial charge on any atom is 0.191 e. The average molecular weight is 340 g/mol. The first-order chi connectivity index (χ1) is 11.8. The highest BCUT2D eigenvalue weighted by Gasteiger charge is 2.13. The molecule has 1 unspecified atom stereocenters. The second-order valence-corrected chi connectivity index (χ2v) is 7.07. The lowest BCUT2D eigenvalue weighted by Gasteiger charge is -2.28. The number of aliphatic imine (C=N–C) groups is 1. The van der Waals surface area contributed by atoms with Gasteiger partial charge in [-0.2, -0.15) is 0 Å². The van der Waals surface area contributed by atoms with Crippen molar-refractivity contribution in [2.24, 2.45) is 10.9 Å². The molecule has 0 radical (unpaired) electrons. The smallest absolute Gasteiger partial charge is 0.191 e. The molecule has 0 aliphatic carbocycles. The van der Waals surface area contributed by atoms with E-state index in [2.05, 4.69) is 34.3 Å². The van der Waals surface area contributed by atoms with Gasteiger partial charge < -0.3 is 20.3 Å². The number of nitrogens with zero attached hydrogens (tertiary/aromatic N) is 3. The molecule has 2 aliphatic rings. The van der Waals surface area contributed by atoms with Crippen LogP contribution in [0.15, 0.2) is 4.99 Å². The van der Waals surface area contributed by atoms with E-state index in [1.54, 1.807) is 0 Å². The maximum absolute atomic E-state index is 5.39. The summed E-state index contributed by atoms with van der Waals surface area (Å²) in [7, 11) is 0. The Hall–Kier alpha value is -0.850. The summed E-state index contributed by atoms with van der Waals surface area (Å²) >= 11 is 0. The molecule has 24 heavy (non-hydrogen) atoms. The summed E-state index contributed by atoms with van der Waals surface area (Å²) in [5.74, 6) is 1.56. The van der Waals surface area contributed by atoms with Crippen LogP contribution in [0.2, 0.25) is 0 Å². The third-order valence-corrected chi connectivity index (χ3v) is 4.75. The number of ether oxygens (including phenoxy) is 1. The van der Waals surface area contributed by atoms with Gasteiger partial charge in [0, 0.05) is 45.8 Å². The Bertz CT molecular complexity index is 351. The molecule has 0 amide bonds. The van der Waals surface area contributed by atoms with Gasteiger partial charge in [-0.25, -0.2) is 0 Å². The summed E-state index contributed by atoms with van der Waals surface area (Å²) in [6.45, 7) is 15.8. The minimum atomic E-state index is 0.609. The molecule has 2 fully saturated rings. The monoisotopic (exact) mass is 339 g/mol. The van der Waals surface area contributed by atoms with Crippen LogP contribution in [0.4, 0.5) is 0 Å². The van der Waals surface area contributed by atoms with Gasteiger partial charge in [0.1, 0.15) is 0 Å². The van der Waals surface area contributed by atoms with Crippen molar-refractivity contribution in [3.8, 4) is 0 Å². The standard InChI is InChI=1S/C18H37N5O/c1-3-19-18(20-7-10-22-11-13-24-14-12-22)21-15-17(2)16-23-8-5-4-6-9-23/h17H,3-16H2,1-2H3,(H2,19,20,21). The van der Waals surface area contributed by atoms with Gasteiger partial charge in [-0.15, -0.1) is 0 Å². The van der Waals surface area contributed by atoms with Crippen molar-refractivity contribution in [1.29, 1.82) is 0 Å². The second-order valence-electron chi connectivity index (χ2n) is 7.07. The Morgan fingerprint density at radius 3 is 2.50 bits per heavy atom. The summed E-state index contributed by atoms with van der Waals surface area (Å²) in [4.78, 5) is 9.83. The molecule has 0 aromatic carbocycles. The molecule has 2 N–H and O–H groups in total. The van der Waals surface area contributed by atoms with E-state index in [0.717, 1.165) is 58.4 Å². The molecule has 0 spiro atoms. The topological polar surface area (TPSA) is 52.1 Å². The third kappa shape index (κ3) is 7.81. The molecule has 6 nitrogen and oxygen atoms in total. The van der Waals surface area contributed by atoms with Gasteiger partial charge in [0.2, 0.25) is 0 Å². The number of guanidine groups is 1. The zero-order chi connectivity index (χ0) is 17.0. The van der Waals surface area contributed by atoms with Crippen LogP contribution in [0.25, 0.3) is 0 Å². The number of hydrogen-bond acceptors (Lipinski definition) is 4. The SMILES string of the molecule is CCNC(=NCC(C)CN1CCCCC1)NCCN1CCOCC1. The largest absolute Gasteiger partial charge is 0.379 e. The molecule has 140 valence electrons. The molecule has 2 aliphatic heterocycles. The van der Waals surface area contributed by atoms with Gasteiger partial charge in [0.15, 0.2) is 5.96 Å². The van der Waals surface area contributed by atoms with Gasteiger partial charge in [0.25, 0.3) is 0 Å². The lowest BCUT2D eigenvalue weighted by atomic mass is 10.1. The first-order valence-corrected chi connectivity index (χ1v) is 9.82. The van der Waals surface area contributed by atoms with Gasteiger partial charge in [-0.1, -0.05) is 13.3 Å². The molecule has 0 aromatic heterocycles. The van der Waals surface area contributed by atoms with E-state index >= 15 is 0 Å². The molecule has 2 heterocycles. The van der Waals surface area contributed by atoms with E-state index in [1.165, 1.54) is 38.9 Å². The summed E-state index contributed by atoms with van der Waals surface area (Å²) in [5.41, 5.74) is 0. The second kappa shape index (κ2) is 11.7. The van der Waals surface area contributed by atoms with Gasteiger partial charge in [-0.05, 0) is 38.8 Å². The fourth-order valence-corrected chi connectivity index (χ4v) is 3.39. The van der Waals surface area contributed by atoms with E-state index in [9.17, 15) is 0 Å². The Kier molecular flexibility index (Phi) is 9.46. The van der Waals surface area contributed by atoms with Crippen molar-refractivity contribution >= 4 is 5.96 Å².